The predicted octanol–water partition coefficient (Wildman–Crippen LogP) is 1.91. The largest absolute Gasteiger partial charge is 0.435 e. The number of hydrogen-bond donors (Lipinski definition) is 0. The first-order valence-electron chi connectivity index (χ1n) is 8.78. The summed E-state index contributed by atoms with van der Waals surface area (Å²) in [7, 11) is 0. The number of rotatable bonds is 7. The van der Waals surface area contributed by atoms with Crippen molar-refractivity contribution < 1.29 is 23.1 Å². The topological polar surface area (TPSA) is 53.1 Å². The highest BCUT2D eigenvalue weighted by Gasteiger charge is 2.24. The molecule has 0 radical (unpaired) electrons. The van der Waals surface area contributed by atoms with Crippen LogP contribution in [0.4, 0.5) is 8.78 Å². The van der Waals surface area contributed by atoms with Gasteiger partial charge in [0.15, 0.2) is 0 Å². The van der Waals surface area contributed by atoms with E-state index in [1.807, 2.05) is 18.7 Å². The fraction of sp³-hybridized carbons (Fsp3) is 0.556. The molecule has 1 saturated heterocycles. The quantitative estimate of drug-likeness (QED) is 0.737. The lowest BCUT2D eigenvalue weighted by molar-refractivity contribution is -0.132. The number of halogens is 2. The Kier molecular flexibility index (Phi) is 7.32. The molecule has 0 N–H and O–H groups in total. The number of nitrogens with zero attached hydrogens (tertiary/aromatic N) is 3. The van der Waals surface area contributed by atoms with Crippen molar-refractivity contribution in [2.24, 2.45) is 0 Å². The number of carbonyl (C=O) groups is 2. The smallest absolute Gasteiger partial charge is 0.387 e. The molecule has 1 aromatic carbocycles. The number of carbonyl (C=O) groups excluding carboxylic acids is 2. The van der Waals surface area contributed by atoms with E-state index >= 15 is 0 Å². The molecular weight excluding hydrogens is 344 g/mol. The van der Waals surface area contributed by atoms with Crippen molar-refractivity contribution in [3.8, 4) is 5.75 Å². The van der Waals surface area contributed by atoms with Gasteiger partial charge >= 0.3 is 6.61 Å². The number of amides is 2. The Balaban J connectivity index is 1.85. The van der Waals surface area contributed by atoms with Gasteiger partial charge in [-0.2, -0.15) is 8.78 Å². The van der Waals surface area contributed by atoms with E-state index in [0.29, 0.717) is 51.4 Å². The molecular formula is C18H25F2N3O3. The van der Waals surface area contributed by atoms with Gasteiger partial charge < -0.3 is 14.5 Å². The van der Waals surface area contributed by atoms with Crippen LogP contribution in [-0.2, 0) is 4.79 Å². The van der Waals surface area contributed by atoms with Crippen molar-refractivity contribution >= 4 is 11.8 Å². The Bertz CT molecular complexity index is 598. The van der Waals surface area contributed by atoms with Crippen LogP contribution in [0.25, 0.3) is 0 Å². The predicted molar refractivity (Wildman–Crippen MR) is 93.3 cm³/mol. The van der Waals surface area contributed by atoms with Crippen molar-refractivity contribution in [3.63, 3.8) is 0 Å². The third kappa shape index (κ3) is 5.39. The first kappa shape index (κ1) is 20.1. The number of piperazine rings is 1. The average Bonchev–Trinajstić information content (AvgIpc) is 2.63. The van der Waals surface area contributed by atoms with E-state index in [-0.39, 0.29) is 17.6 Å². The Morgan fingerprint density at radius 2 is 1.65 bits per heavy atom. The molecule has 0 aromatic heterocycles. The number of ether oxygens (including phenoxy) is 1. The van der Waals surface area contributed by atoms with E-state index in [1.165, 1.54) is 24.3 Å². The third-order valence-corrected chi connectivity index (χ3v) is 4.46. The zero-order valence-electron chi connectivity index (χ0n) is 15.2. The van der Waals surface area contributed by atoms with Crippen LogP contribution in [-0.4, -0.2) is 78.9 Å². The molecule has 8 heteroatoms. The molecule has 2 rings (SSSR count). The Morgan fingerprint density at radius 1 is 1.08 bits per heavy atom. The summed E-state index contributed by atoms with van der Waals surface area (Å²) in [5.74, 6) is -0.0241. The summed E-state index contributed by atoms with van der Waals surface area (Å²) < 4.78 is 28.6. The summed E-state index contributed by atoms with van der Waals surface area (Å²) in [6, 6.07) is 5.68. The summed E-state index contributed by atoms with van der Waals surface area (Å²) in [6.45, 7) is 5.09. The van der Waals surface area contributed by atoms with Crippen molar-refractivity contribution in [2.75, 3.05) is 45.8 Å². The summed E-state index contributed by atoms with van der Waals surface area (Å²) >= 11 is 0. The molecule has 0 spiro atoms. The van der Waals surface area contributed by atoms with Gasteiger partial charge in [0.2, 0.25) is 5.91 Å². The fourth-order valence-electron chi connectivity index (χ4n) is 2.94. The molecule has 1 heterocycles. The van der Waals surface area contributed by atoms with Gasteiger partial charge in [0.05, 0.1) is 6.54 Å². The first-order valence-corrected chi connectivity index (χ1v) is 8.78. The molecule has 1 aliphatic rings. The lowest BCUT2D eigenvalue weighted by Crippen LogP contribution is -2.51. The van der Waals surface area contributed by atoms with Crippen LogP contribution in [0.15, 0.2) is 24.3 Å². The SMILES string of the molecule is CCN(CC)C(=O)CN1CCN(C(=O)c2ccc(OC(F)F)cc2)CC1. The third-order valence-electron chi connectivity index (χ3n) is 4.46. The monoisotopic (exact) mass is 369 g/mol. The number of likely N-dealkylation sites (N-methyl/N-ethyl adjacent to an activating group) is 1. The Morgan fingerprint density at radius 3 is 2.15 bits per heavy atom. The molecule has 1 fully saturated rings. The Hall–Kier alpha value is -2.22. The maximum Gasteiger partial charge on any atom is 0.387 e. The van der Waals surface area contributed by atoms with Gasteiger partial charge in [-0.1, -0.05) is 0 Å². The van der Waals surface area contributed by atoms with Crippen molar-refractivity contribution in [2.45, 2.75) is 20.5 Å². The Labute approximate surface area is 152 Å². The van der Waals surface area contributed by atoms with Gasteiger partial charge in [0.1, 0.15) is 5.75 Å². The minimum atomic E-state index is -2.89. The van der Waals surface area contributed by atoms with Crippen LogP contribution >= 0.6 is 0 Å². The maximum absolute atomic E-state index is 12.5. The second-order valence-electron chi connectivity index (χ2n) is 6.04. The molecule has 0 saturated carbocycles. The molecule has 2 amide bonds. The average molecular weight is 369 g/mol. The molecule has 0 aliphatic carbocycles. The molecule has 6 nitrogen and oxygen atoms in total. The van der Waals surface area contributed by atoms with Gasteiger partial charge in [0, 0.05) is 44.8 Å². The van der Waals surface area contributed by atoms with E-state index in [2.05, 4.69) is 4.74 Å². The second kappa shape index (κ2) is 9.47. The number of alkyl halides is 2. The van der Waals surface area contributed by atoms with Crippen molar-refractivity contribution in [1.29, 1.82) is 0 Å². The van der Waals surface area contributed by atoms with Gasteiger partial charge in [-0.05, 0) is 38.1 Å². The van der Waals surface area contributed by atoms with Crippen molar-refractivity contribution in [3.05, 3.63) is 29.8 Å². The highest BCUT2D eigenvalue weighted by atomic mass is 19.3. The standard InChI is InChI=1S/C18H25F2N3O3/c1-3-22(4-2)16(24)13-21-9-11-23(12-10-21)17(25)14-5-7-15(8-6-14)26-18(19)20/h5-8,18H,3-4,9-13H2,1-2H3. The van der Waals surface area contributed by atoms with Gasteiger partial charge in [-0.25, -0.2) is 0 Å². The van der Waals surface area contributed by atoms with Crippen LogP contribution < -0.4 is 4.74 Å². The zero-order chi connectivity index (χ0) is 19.1. The van der Waals surface area contributed by atoms with E-state index < -0.39 is 6.61 Å². The summed E-state index contributed by atoms with van der Waals surface area (Å²) in [5, 5.41) is 0. The minimum absolute atomic E-state index is 0.0243. The molecule has 0 unspecified atom stereocenters. The number of hydrogen-bond acceptors (Lipinski definition) is 4. The molecule has 0 bridgehead atoms. The van der Waals surface area contributed by atoms with Gasteiger partial charge in [-0.3, -0.25) is 14.5 Å². The van der Waals surface area contributed by atoms with Crippen molar-refractivity contribution in [1.82, 2.24) is 14.7 Å². The lowest BCUT2D eigenvalue weighted by atomic mass is 10.1. The summed E-state index contributed by atoms with van der Waals surface area (Å²) in [4.78, 5) is 30.2. The highest BCUT2D eigenvalue weighted by molar-refractivity contribution is 5.94. The van der Waals surface area contributed by atoms with Crippen LogP contribution in [0.3, 0.4) is 0 Å². The number of benzene rings is 1. The molecule has 0 atom stereocenters. The lowest BCUT2D eigenvalue weighted by Gasteiger charge is -2.35. The van der Waals surface area contributed by atoms with Crippen LogP contribution in [0.2, 0.25) is 0 Å². The van der Waals surface area contributed by atoms with E-state index in [1.54, 1.807) is 9.80 Å². The van der Waals surface area contributed by atoms with Crippen LogP contribution in [0.5, 0.6) is 5.75 Å². The van der Waals surface area contributed by atoms with Crippen LogP contribution in [0, 0.1) is 0 Å². The van der Waals surface area contributed by atoms with E-state index in [4.69, 9.17) is 0 Å². The van der Waals surface area contributed by atoms with Gasteiger partial charge in [0.25, 0.3) is 5.91 Å². The fourth-order valence-corrected chi connectivity index (χ4v) is 2.94. The molecule has 1 aliphatic heterocycles. The summed E-state index contributed by atoms with van der Waals surface area (Å²) in [5.41, 5.74) is 0.430. The molecule has 26 heavy (non-hydrogen) atoms. The van der Waals surface area contributed by atoms with Crippen LogP contribution in [0.1, 0.15) is 24.2 Å². The van der Waals surface area contributed by atoms with E-state index in [0.717, 1.165) is 0 Å². The summed E-state index contributed by atoms with van der Waals surface area (Å²) in [6.07, 6.45) is 0. The first-order chi connectivity index (χ1) is 12.4. The minimum Gasteiger partial charge on any atom is -0.435 e. The highest BCUT2D eigenvalue weighted by Crippen LogP contribution is 2.16. The second-order valence-corrected chi connectivity index (χ2v) is 6.04. The zero-order valence-corrected chi connectivity index (χ0v) is 15.2. The normalized spacial score (nSPS) is 15.2. The van der Waals surface area contributed by atoms with E-state index in [9.17, 15) is 18.4 Å². The van der Waals surface area contributed by atoms with Gasteiger partial charge in [-0.15, -0.1) is 0 Å². The molecule has 1 aromatic rings. The molecule has 144 valence electrons. The maximum atomic E-state index is 12.5.